The Kier molecular flexibility index (Phi) is 65.0. The highest BCUT2D eigenvalue weighted by atomic mass is 31.2. The second-order valence-electron chi connectivity index (χ2n) is 29.4. The predicted molar refractivity (Wildman–Crippen MR) is 391 cm³/mol. The number of rotatable bonds is 74. The summed E-state index contributed by atoms with van der Waals surface area (Å²) in [5, 5.41) is 10.6. The molecule has 0 bridgehead atoms. The van der Waals surface area contributed by atoms with Crippen LogP contribution >= 0.6 is 15.6 Å². The molecule has 0 aliphatic heterocycles. The molecule has 3 N–H and O–H groups in total. The maximum absolute atomic E-state index is 13.1. The number of phosphoric acid groups is 2. The number of carbonyl (C=O) groups excluding carboxylic acids is 4. The van der Waals surface area contributed by atoms with E-state index in [4.69, 9.17) is 37.0 Å². The lowest BCUT2D eigenvalue weighted by Gasteiger charge is -2.21. The van der Waals surface area contributed by atoms with Gasteiger partial charge < -0.3 is 33.8 Å². The molecule has 96 heavy (non-hydrogen) atoms. The van der Waals surface area contributed by atoms with Crippen molar-refractivity contribution in [2.24, 2.45) is 23.7 Å². The summed E-state index contributed by atoms with van der Waals surface area (Å²) in [7, 11) is -9.91. The van der Waals surface area contributed by atoms with E-state index in [0.29, 0.717) is 31.6 Å². The van der Waals surface area contributed by atoms with Gasteiger partial charge in [-0.05, 0) is 49.4 Å². The summed E-state index contributed by atoms with van der Waals surface area (Å²) in [4.78, 5) is 72.8. The number of carbonyl (C=O) groups is 4. The second-order valence-corrected chi connectivity index (χ2v) is 32.3. The van der Waals surface area contributed by atoms with Gasteiger partial charge >= 0.3 is 39.5 Å². The van der Waals surface area contributed by atoms with Crippen LogP contribution in [0.2, 0.25) is 0 Å². The fraction of sp³-hybridized carbons (Fsp3) is 0.948. The Balaban J connectivity index is 5.23. The number of hydrogen-bond acceptors (Lipinski definition) is 15. The van der Waals surface area contributed by atoms with E-state index < -0.39 is 97.5 Å². The van der Waals surface area contributed by atoms with E-state index in [9.17, 15) is 43.2 Å². The zero-order chi connectivity index (χ0) is 71.0. The van der Waals surface area contributed by atoms with Crippen molar-refractivity contribution in [3.05, 3.63) is 0 Å². The van der Waals surface area contributed by atoms with Crippen LogP contribution in [0.1, 0.15) is 389 Å². The standard InChI is InChI=1S/C77H150O17P2/c1-9-70(8)56-48-40-32-26-27-35-44-52-60-77(82)94-73(64-88-75(80)58-50-42-36-28-31-39-47-55-69(6)7)66-92-96(85,86)90-62-71(78)61-89-95(83,84)91-65-72(93-76(81)59-51-43-34-25-21-17-16-19-23-30-38-46-54-68(4)5)63-87-74(79)57-49-41-33-24-20-15-13-11-10-12-14-18-22-29-37-45-53-67(2)3/h67-73,78H,9-66H2,1-8H3,(H,83,84)(H,85,86)/t70?,71?,72-,73-/m1/s1. The first-order valence-corrected chi connectivity index (χ1v) is 42.7. The molecule has 19 heteroatoms. The number of phosphoric ester groups is 2. The van der Waals surface area contributed by atoms with Gasteiger partial charge in [0.2, 0.25) is 0 Å². The van der Waals surface area contributed by atoms with Gasteiger partial charge in [-0.15, -0.1) is 0 Å². The molecular formula is C77H150O17P2. The lowest BCUT2D eigenvalue weighted by molar-refractivity contribution is -0.161. The monoisotopic (exact) mass is 1410 g/mol. The van der Waals surface area contributed by atoms with Crippen LogP contribution in [0, 0.1) is 23.7 Å². The molecule has 0 aromatic carbocycles. The Morgan fingerprint density at radius 1 is 0.292 bits per heavy atom. The van der Waals surface area contributed by atoms with E-state index in [1.807, 2.05) is 0 Å². The highest BCUT2D eigenvalue weighted by Gasteiger charge is 2.30. The highest BCUT2D eigenvalue weighted by molar-refractivity contribution is 7.47. The van der Waals surface area contributed by atoms with Crippen LogP contribution < -0.4 is 0 Å². The SMILES string of the molecule is CCC(C)CCCCCCCCCCC(=O)O[C@H](COC(=O)CCCCCCCCCC(C)C)COP(=O)(O)OCC(O)COP(=O)(O)OC[C@@H](COC(=O)CCCCCCCCCCCCCCCCCCC(C)C)OC(=O)CCCCCCCCCCCCCCC(C)C. The lowest BCUT2D eigenvalue weighted by atomic mass is 9.99. The van der Waals surface area contributed by atoms with Crippen LogP contribution in [0.4, 0.5) is 0 Å². The third-order valence-corrected chi connectivity index (χ3v) is 20.1. The first-order chi connectivity index (χ1) is 46.1. The Morgan fingerprint density at radius 3 is 0.740 bits per heavy atom. The molecule has 0 fully saturated rings. The molecule has 570 valence electrons. The molecule has 17 nitrogen and oxygen atoms in total. The number of hydrogen-bond donors (Lipinski definition) is 3. The minimum Gasteiger partial charge on any atom is -0.462 e. The van der Waals surface area contributed by atoms with E-state index in [-0.39, 0.29) is 25.7 Å². The third kappa shape index (κ3) is 69.2. The van der Waals surface area contributed by atoms with Crippen molar-refractivity contribution in [2.75, 3.05) is 39.6 Å². The van der Waals surface area contributed by atoms with E-state index >= 15 is 0 Å². The fourth-order valence-electron chi connectivity index (χ4n) is 11.7. The van der Waals surface area contributed by atoms with E-state index in [2.05, 4.69) is 55.4 Å². The van der Waals surface area contributed by atoms with Gasteiger partial charge in [0.1, 0.15) is 19.3 Å². The molecule has 6 atom stereocenters. The summed E-state index contributed by atoms with van der Waals surface area (Å²) in [6, 6.07) is 0. The molecule has 0 aromatic rings. The van der Waals surface area contributed by atoms with Gasteiger partial charge in [-0.1, -0.05) is 338 Å². The van der Waals surface area contributed by atoms with Crippen molar-refractivity contribution in [2.45, 2.75) is 408 Å². The molecule has 0 rings (SSSR count). The molecule has 0 amide bonds. The second kappa shape index (κ2) is 66.3. The molecule has 0 aliphatic carbocycles. The van der Waals surface area contributed by atoms with Crippen molar-refractivity contribution in [1.82, 2.24) is 0 Å². The van der Waals surface area contributed by atoms with Crippen LogP contribution in [-0.4, -0.2) is 96.7 Å². The quantitative estimate of drug-likeness (QED) is 0.0222. The average Bonchev–Trinajstić information content (AvgIpc) is 1.09. The fourth-order valence-corrected chi connectivity index (χ4v) is 13.3. The van der Waals surface area contributed by atoms with Crippen LogP contribution in [0.3, 0.4) is 0 Å². The largest absolute Gasteiger partial charge is 0.472 e. The van der Waals surface area contributed by atoms with Crippen LogP contribution in [0.25, 0.3) is 0 Å². The molecule has 0 aromatic heterocycles. The molecule has 0 saturated heterocycles. The minimum absolute atomic E-state index is 0.104. The average molecular weight is 1410 g/mol. The van der Waals surface area contributed by atoms with Crippen molar-refractivity contribution in [3.63, 3.8) is 0 Å². The van der Waals surface area contributed by atoms with E-state index in [1.165, 1.54) is 186 Å². The van der Waals surface area contributed by atoms with Gasteiger partial charge in [0.15, 0.2) is 12.2 Å². The predicted octanol–water partition coefficient (Wildman–Crippen LogP) is 22.4. The lowest BCUT2D eigenvalue weighted by Crippen LogP contribution is -2.30. The number of ether oxygens (including phenoxy) is 4. The Bertz CT molecular complexity index is 1890. The maximum atomic E-state index is 13.1. The smallest absolute Gasteiger partial charge is 0.462 e. The first-order valence-electron chi connectivity index (χ1n) is 39.7. The Hall–Kier alpha value is -1.94. The van der Waals surface area contributed by atoms with Crippen molar-refractivity contribution >= 4 is 39.5 Å². The van der Waals surface area contributed by atoms with Crippen LogP contribution in [0.5, 0.6) is 0 Å². The normalized spacial score (nSPS) is 14.4. The number of unbranched alkanes of at least 4 members (excludes halogenated alkanes) is 39. The van der Waals surface area contributed by atoms with Crippen molar-refractivity contribution < 1.29 is 80.2 Å². The summed E-state index contributed by atoms with van der Waals surface area (Å²) in [6.07, 6.45) is 51.4. The molecule has 0 saturated carbocycles. The van der Waals surface area contributed by atoms with E-state index in [0.717, 1.165) is 114 Å². The number of aliphatic hydroxyl groups is 1. The zero-order valence-electron chi connectivity index (χ0n) is 63.0. The number of esters is 4. The van der Waals surface area contributed by atoms with Crippen molar-refractivity contribution in [3.8, 4) is 0 Å². The summed E-state index contributed by atoms with van der Waals surface area (Å²) < 4.78 is 68.5. The number of aliphatic hydroxyl groups excluding tert-OH is 1. The Labute approximate surface area is 588 Å². The maximum Gasteiger partial charge on any atom is 0.472 e. The van der Waals surface area contributed by atoms with Gasteiger partial charge in [0.25, 0.3) is 0 Å². The zero-order valence-corrected chi connectivity index (χ0v) is 64.8. The summed E-state index contributed by atoms with van der Waals surface area (Å²) in [6.45, 7) is 14.2. The molecule has 0 heterocycles. The summed E-state index contributed by atoms with van der Waals surface area (Å²) in [5.74, 6) is 0.942. The molecule has 4 unspecified atom stereocenters. The van der Waals surface area contributed by atoms with Crippen LogP contribution in [-0.2, 0) is 65.4 Å². The molecular weight excluding hydrogens is 1260 g/mol. The first kappa shape index (κ1) is 94.1. The van der Waals surface area contributed by atoms with Gasteiger partial charge in [0, 0.05) is 25.7 Å². The summed E-state index contributed by atoms with van der Waals surface area (Å²) in [5.41, 5.74) is 0. The minimum atomic E-state index is -4.96. The Morgan fingerprint density at radius 2 is 0.500 bits per heavy atom. The third-order valence-electron chi connectivity index (χ3n) is 18.2. The van der Waals surface area contributed by atoms with Gasteiger partial charge in [-0.2, -0.15) is 0 Å². The summed E-state index contributed by atoms with van der Waals surface area (Å²) >= 11 is 0. The van der Waals surface area contributed by atoms with Gasteiger partial charge in [0.05, 0.1) is 26.4 Å². The van der Waals surface area contributed by atoms with E-state index in [1.54, 1.807) is 0 Å². The molecule has 0 radical (unpaired) electrons. The highest BCUT2D eigenvalue weighted by Crippen LogP contribution is 2.45. The van der Waals surface area contributed by atoms with Crippen molar-refractivity contribution in [1.29, 1.82) is 0 Å². The van der Waals surface area contributed by atoms with Crippen LogP contribution in [0.15, 0.2) is 0 Å². The topological polar surface area (TPSA) is 237 Å². The van der Waals surface area contributed by atoms with Gasteiger partial charge in [-0.3, -0.25) is 37.3 Å². The molecule has 0 aliphatic rings. The van der Waals surface area contributed by atoms with Gasteiger partial charge in [-0.25, -0.2) is 9.13 Å². The molecule has 0 spiro atoms.